The molecule has 1 saturated heterocycles. The molecule has 1 aliphatic heterocycles. The van der Waals surface area contributed by atoms with Crippen LogP contribution in [0.3, 0.4) is 0 Å². The molecule has 0 bridgehead atoms. The zero-order valence-electron chi connectivity index (χ0n) is 17.3. The minimum Gasteiger partial charge on any atom is -0.480 e. The van der Waals surface area contributed by atoms with E-state index in [1.54, 1.807) is 20.8 Å². The lowest BCUT2D eigenvalue weighted by Gasteiger charge is -2.36. The molecule has 0 unspecified atom stereocenters. The molecule has 6 nitrogen and oxygen atoms in total. The van der Waals surface area contributed by atoms with Gasteiger partial charge in [-0.15, -0.1) is 0 Å². The zero-order valence-corrected chi connectivity index (χ0v) is 17.3. The van der Waals surface area contributed by atoms with Gasteiger partial charge in [-0.25, -0.2) is 4.79 Å². The first kappa shape index (κ1) is 20.7. The monoisotopic (exact) mass is 367 g/mol. The molecular weight excluding hydrogens is 334 g/mol. The van der Waals surface area contributed by atoms with Crippen LogP contribution in [0.25, 0.3) is 0 Å². The van der Waals surface area contributed by atoms with E-state index >= 15 is 0 Å². The second-order valence-electron chi connectivity index (χ2n) is 10.4. The molecule has 26 heavy (non-hydrogen) atoms. The van der Waals surface area contributed by atoms with Crippen LogP contribution in [-0.4, -0.2) is 46.0 Å². The SMILES string of the molecule is CC(C)(C)OC(=O)C[C@H](C(=O)N1C[C@H]2[C@@H]([C@H]1C(=O)O)C2(C)C)C(C)(C)C. The second kappa shape index (κ2) is 6.24. The first-order chi connectivity index (χ1) is 11.6. The Bertz CT molecular complexity index is 611. The van der Waals surface area contributed by atoms with Crippen LogP contribution >= 0.6 is 0 Å². The number of piperidine rings is 1. The van der Waals surface area contributed by atoms with E-state index < -0.39 is 34.9 Å². The van der Waals surface area contributed by atoms with Crippen molar-refractivity contribution >= 4 is 17.8 Å². The topological polar surface area (TPSA) is 83.9 Å². The molecule has 0 aromatic carbocycles. The van der Waals surface area contributed by atoms with Crippen LogP contribution in [0.15, 0.2) is 0 Å². The number of likely N-dealkylation sites (tertiary alicyclic amines) is 1. The average Bonchev–Trinajstić information content (AvgIpc) is 2.81. The fourth-order valence-electron chi connectivity index (χ4n) is 4.31. The van der Waals surface area contributed by atoms with E-state index in [2.05, 4.69) is 13.8 Å². The van der Waals surface area contributed by atoms with Crippen LogP contribution in [0.4, 0.5) is 0 Å². The van der Waals surface area contributed by atoms with Crippen molar-refractivity contribution in [1.29, 1.82) is 0 Å². The molecule has 1 N–H and O–H groups in total. The number of carboxylic acid groups (broad SMARTS) is 1. The molecule has 0 aromatic heterocycles. The first-order valence-electron chi connectivity index (χ1n) is 9.32. The van der Waals surface area contributed by atoms with Crippen molar-refractivity contribution in [3.63, 3.8) is 0 Å². The Hall–Kier alpha value is -1.59. The quantitative estimate of drug-likeness (QED) is 0.772. The molecular formula is C20H33NO5. The van der Waals surface area contributed by atoms with Crippen LogP contribution < -0.4 is 0 Å². The number of hydrogen-bond acceptors (Lipinski definition) is 4. The fourth-order valence-corrected chi connectivity index (χ4v) is 4.31. The Balaban J connectivity index is 2.20. The van der Waals surface area contributed by atoms with Crippen molar-refractivity contribution in [2.24, 2.45) is 28.6 Å². The number of amides is 1. The number of aliphatic carboxylic acids is 1. The molecule has 0 radical (unpaired) electrons. The minimum atomic E-state index is -0.957. The van der Waals surface area contributed by atoms with Crippen LogP contribution in [0.5, 0.6) is 0 Å². The van der Waals surface area contributed by atoms with Gasteiger partial charge in [-0.3, -0.25) is 9.59 Å². The van der Waals surface area contributed by atoms with Gasteiger partial charge in [-0.1, -0.05) is 34.6 Å². The van der Waals surface area contributed by atoms with Crippen molar-refractivity contribution in [2.45, 2.75) is 73.5 Å². The molecule has 0 spiro atoms. The Kier molecular flexibility index (Phi) is 4.97. The van der Waals surface area contributed by atoms with E-state index in [4.69, 9.17) is 4.74 Å². The van der Waals surface area contributed by atoms with Gasteiger partial charge in [-0.05, 0) is 37.5 Å². The summed E-state index contributed by atoms with van der Waals surface area (Å²) in [6.07, 6.45) is -0.0405. The maximum Gasteiger partial charge on any atom is 0.326 e. The van der Waals surface area contributed by atoms with Crippen molar-refractivity contribution in [3.8, 4) is 0 Å². The fraction of sp³-hybridized carbons (Fsp3) is 0.850. The largest absolute Gasteiger partial charge is 0.480 e. The summed E-state index contributed by atoms with van der Waals surface area (Å²) < 4.78 is 5.39. The van der Waals surface area contributed by atoms with Gasteiger partial charge in [0.2, 0.25) is 5.91 Å². The van der Waals surface area contributed by atoms with Gasteiger partial charge >= 0.3 is 11.9 Å². The number of hydrogen-bond donors (Lipinski definition) is 1. The van der Waals surface area contributed by atoms with E-state index in [0.29, 0.717) is 6.54 Å². The van der Waals surface area contributed by atoms with Gasteiger partial charge in [0.1, 0.15) is 11.6 Å². The van der Waals surface area contributed by atoms with Gasteiger partial charge in [-0.2, -0.15) is 0 Å². The summed E-state index contributed by atoms with van der Waals surface area (Å²) in [5.41, 5.74) is -1.13. The Morgan fingerprint density at radius 2 is 1.69 bits per heavy atom. The molecule has 6 heteroatoms. The Morgan fingerprint density at radius 3 is 2.12 bits per heavy atom. The summed E-state index contributed by atoms with van der Waals surface area (Å²) in [5.74, 6) is -2.04. The maximum atomic E-state index is 13.2. The van der Waals surface area contributed by atoms with E-state index in [1.807, 2.05) is 20.8 Å². The highest BCUT2D eigenvalue weighted by atomic mass is 16.6. The normalized spacial score (nSPS) is 28.3. The first-order valence-corrected chi connectivity index (χ1v) is 9.32. The molecule has 0 aromatic rings. The molecule has 1 heterocycles. The van der Waals surface area contributed by atoms with Crippen LogP contribution in [0.1, 0.15) is 61.8 Å². The van der Waals surface area contributed by atoms with Gasteiger partial charge in [0.15, 0.2) is 0 Å². The van der Waals surface area contributed by atoms with Crippen molar-refractivity contribution in [1.82, 2.24) is 4.90 Å². The van der Waals surface area contributed by atoms with E-state index in [1.165, 1.54) is 4.90 Å². The number of fused-ring (bicyclic) bond motifs is 1. The molecule has 1 saturated carbocycles. The second-order valence-corrected chi connectivity index (χ2v) is 10.4. The van der Waals surface area contributed by atoms with Crippen molar-refractivity contribution in [3.05, 3.63) is 0 Å². The Labute approximate surface area is 156 Å². The predicted octanol–water partition coefficient (Wildman–Crippen LogP) is 2.95. The zero-order chi connectivity index (χ0) is 20.2. The van der Waals surface area contributed by atoms with E-state index in [9.17, 15) is 19.5 Å². The van der Waals surface area contributed by atoms with Gasteiger partial charge < -0.3 is 14.7 Å². The summed E-state index contributed by atoms with van der Waals surface area (Å²) in [7, 11) is 0. The summed E-state index contributed by atoms with van der Waals surface area (Å²) >= 11 is 0. The third-order valence-electron chi connectivity index (χ3n) is 5.88. The number of carboxylic acids is 1. The molecule has 2 rings (SSSR count). The molecule has 1 amide bonds. The van der Waals surface area contributed by atoms with E-state index in [0.717, 1.165) is 0 Å². The number of carbonyl (C=O) groups is 3. The van der Waals surface area contributed by atoms with Gasteiger partial charge in [0.25, 0.3) is 0 Å². The third-order valence-corrected chi connectivity index (χ3v) is 5.88. The molecule has 2 fully saturated rings. The number of esters is 1. The highest BCUT2D eigenvalue weighted by Gasteiger charge is 2.70. The van der Waals surface area contributed by atoms with Crippen molar-refractivity contribution < 1.29 is 24.2 Å². The number of nitrogens with zero attached hydrogens (tertiary/aromatic N) is 1. The van der Waals surface area contributed by atoms with Crippen molar-refractivity contribution in [2.75, 3.05) is 6.54 Å². The Morgan fingerprint density at radius 1 is 1.15 bits per heavy atom. The maximum absolute atomic E-state index is 13.2. The highest BCUT2D eigenvalue weighted by molar-refractivity contribution is 5.89. The lowest BCUT2D eigenvalue weighted by atomic mass is 9.77. The number of rotatable bonds is 4. The standard InChI is InChI=1S/C20H33NO5/c1-18(2,3)11(9-13(22)26-19(4,5)6)16(23)21-10-12-14(20(12,7)8)15(21)17(24)25/h11-12,14-15H,9-10H2,1-8H3,(H,24,25)/t11-,12+,14+,15+/m1/s1. The van der Waals surface area contributed by atoms with Crippen LogP contribution in [0, 0.1) is 28.6 Å². The lowest BCUT2D eigenvalue weighted by Crippen LogP contribution is -2.50. The van der Waals surface area contributed by atoms with Crippen LogP contribution in [0.2, 0.25) is 0 Å². The average molecular weight is 367 g/mol. The van der Waals surface area contributed by atoms with Gasteiger partial charge in [0.05, 0.1) is 12.3 Å². The number of ether oxygens (including phenoxy) is 1. The smallest absolute Gasteiger partial charge is 0.326 e. The highest BCUT2D eigenvalue weighted by Crippen LogP contribution is 2.65. The molecule has 4 atom stereocenters. The van der Waals surface area contributed by atoms with Gasteiger partial charge in [0, 0.05) is 12.5 Å². The summed E-state index contributed by atoms with van der Waals surface area (Å²) in [4.78, 5) is 38.9. The predicted molar refractivity (Wildman–Crippen MR) is 97.3 cm³/mol. The molecule has 2 aliphatic rings. The molecule has 1 aliphatic carbocycles. The lowest BCUT2D eigenvalue weighted by molar-refractivity contribution is -0.162. The summed E-state index contributed by atoms with van der Waals surface area (Å²) in [5, 5.41) is 9.70. The number of carbonyl (C=O) groups excluding carboxylic acids is 2. The van der Waals surface area contributed by atoms with E-state index in [-0.39, 0.29) is 29.6 Å². The summed E-state index contributed by atoms with van der Waals surface area (Å²) in [6.45, 7) is 15.6. The minimum absolute atomic E-state index is 0.00825. The molecule has 148 valence electrons. The third kappa shape index (κ3) is 3.89. The van der Waals surface area contributed by atoms with Crippen LogP contribution in [-0.2, 0) is 19.1 Å². The summed E-state index contributed by atoms with van der Waals surface area (Å²) in [6, 6.07) is -0.800.